The van der Waals surface area contributed by atoms with Crippen LogP contribution in [0.2, 0.25) is 0 Å². The van der Waals surface area contributed by atoms with Crippen molar-refractivity contribution in [2.45, 2.75) is 26.7 Å². The fourth-order valence-corrected chi connectivity index (χ4v) is 1.76. The second-order valence-electron chi connectivity index (χ2n) is 4.93. The highest BCUT2D eigenvalue weighted by atomic mass is 16.1. The Morgan fingerprint density at radius 2 is 2.18 bits per heavy atom. The molecule has 0 aromatic carbocycles. The molecular formula is C14H22N2O. The third-order valence-corrected chi connectivity index (χ3v) is 2.96. The molecule has 1 aliphatic rings. The van der Waals surface area contributed by atoms with Gasteiger partial charge in [-0.25, -0.2) is 0 Å². The molecule has 0 bridgehead atoms. The van der Waals surface area contributed by atoms with Crippen LogP contribution in [-0.4, -0.2) is 30.3 Å². The molecule has 0 fully saturated rings. The van der Waals surface area contributed by atoms with E-state index >= 15 is 0 Å². The molecule has 0 unspecified atom stereocenters. The molecule has 0 radical (unpaired) electrons. The number of rotatable bonds is 5. The average molecular weight is 234 g/mol. The summed E-state index contributed by atoms with van der Waals surface area (Å²) < 4.78 is 0. The second-order valence-corrected chi connectivity index (χ2v) is 4.93. The molecule has 0 aromatic rings. The first-order valence-corrected chi connectivity index (χ1v) is 5.98. The maximum Gasteiger partial charge on any atom is 0.213 e. The quantitative estimate of drug-likeness (QED) is 0.683. The standard InChI is InChI=1S/C14H22N2O/c1-11(2)6-7-13-9-15(4)12(3)8-14(13)16(5)10-17/h8-11H,3,6-7H2,1-2,4-5H3. The zero-order valence-corrected chi connectivity index (χ0v) is 11.2. The van der Waals surface area contributed by atoms with Crippen molar-refractivity contribution >= 4 is 6.41 Å². The Kier molecular flexibility index (Phi) is 4.55. The normalized spacial score (nSPS) is 15.8. The number of hydrogen-bond donors (Lipinski definition) is 0. The lowest BCUT2D eigenvalue weighted by atomic mass is 9.98. The van der Waals surface area contributed by atoms with Gasteiger partial charge in [-0.15, -0.1) is 0 Å². The van der Waals surface area contributed by atoms with Crippen molar-refractivity contribution in [3.8, 4) is 0 Å². The number of likely N-dealkylation sites (N-methyl/N-ethyl adjacent to an activating group) is 2. The Balaban J connectivity index is 2.89. The Bertz CT molecular complexity index is 366. The predicted octanol–water partition coefficient (Wildman–Crippen LogP) is 2.74. The molecule has 0 spiro atoms. The van der Waals surface area contributed by atoms with Crippen LogP contribution in [-0.2, 0) is 4.79 Å². The van der Waals surface area contributed by atoms with Crippen LogP contribution in [0.4, 0.5) is 0 Å². The van der Waals surface area contributed by atoms with Crippen molar-refractivity contribution < 1.29 is 4.79 Å². The van der Waals surface area contributed by atoms with E-state index in [2.05, 4.69) is 26.6 Å². The van der Waals surface area contributed by atoms with Crippen molar-refractivity contribution in [1.82, 2.24) is 9.80 Å². The summed E-state index contributed by atoms with van der Waals surface area (Å²) in [5, 5.41) is 0. The van der Waals surface area contributed by atoms with Gasteiger partial charge in [-0.3, -0.25) is 4.79 Å². The number of nitrogens with zero attached hydrogens (tertiary/aromatic N) is 2. The van der Waals surface area contributed by atoms with Gasteiger partial charge in [0.15, 0.2) is 0 Å². The molecule has 0 N–H and O–H groups in total. The highest BCUT2D eigenvalue weighted by Crippen LogP contribution is 2.27. The van der Waals surface area contributed by atoms with Crippen LogP contribution in [0.1, 0.15) is 26.7 Å². The highest BCUT2D eigenvalue weighted by Gasteiger charge is 2.16. The van der Waals surface area contributed by atoms with Gasteiger partial charge in [0.25, 0.3) is 0 Å². The summed E-state index contributed by atoms with van der Waals surface area (Å²) in [7, 11) is 3.76. The van der Waals surface area contributed by atoms with E-state index in [-0.39, 0.29) is 0 Å². The first-order chi connectivity index (χ1) is 7.95. The third-order valence-electron chi connectivity index (χ3n) is 2.96. The van der Waals surface area contributed by atoms with Crippen LogP contribution in [0, 0.1) is 5.92 Å². The van der Waals surface area contributed by atoms with E-state index in [4.69, 9.17) is 0 Å². The van der Waals surface area contributed by atoms with Gasteiger partial charge in [-0.05, 0) is 30.4 Å². The van der Waals surface area contributed by atoms with Crippen molar-refractivity contribution in [1.29, 1.82) is 0 Å². The summed E-state index contributed by atoms with van der Waals surface area (Å²) in [6.07, 6.45) is 6.98. The Labute approximate surface area is 104 Å². The van der Waals surface area contributed by atoms with Gasteiger partial charge < -0.3 is 9.80 Å². The summed E-state index contributed by atoms with van der Waals surface area (Å²) >= 11 is 0. The smallest absolute Gasteiger partial charge is 0.213 e. The topological polar surface area (TPSA) is 23.6 Å². The molecule has 1 rings (SSSR count). The van der Waals surface area contributed by atoms with Gasteiger partial charge >= 0.3 is 0 Å². The van der Waals surface area contributed by atoms with Gasteiger partial charge in [-0.1, -0.05) is 20.4 Å². The number of allylic oxidation sites excluding steroid dienone is 2. The van der Waals surface area contributed by atoms with E-state index in [1.54, 1.807) is 11.9 Å². The maximum atomic E-state index is 10.9. The largest absolute Gasteiger partial charge is 0.351 e. The van der Waals surface area contributed by atoms with E-state index in [1.165, 1.54) is 5.57 Å². The molecule has 3 nitrogen and oxygen atoms in total. The minimum atomic E-state index is 0.661. The molecule has 0 aliphatic carbocycles. The molecule has 0 saturated heterocycles. The molecule has 1 amide bonds. The lowest BCUT2D eigenvalue weighted by Gasteiger charge is -2.28. The minimum Gasteiger partial charge on any atom is -0.351 e. The highest BCUT2D eigenvalue weighted by molar-refractivity contribution is 5.56. The maximum absolute atomic E-state index is 10.9. The lowest BCUT2D eigenvalue weighted by Crippen LogP contribution is -2.23. The fraction of sp³-hybridized carbons (Fsp3) is 0.500. The van der Waals surface area contributed by atoms with Crippen molar-refractivity contribution in [2.24, 2.45) is 5.92 Å². The summed E-state index contributed by atoms with van der Waals surface area (Å²) in [4.78, 5) is 14.5. The van der Waals surface area contributed by atoms with Crippen molar-refractivity contribution in [2.75, 3.05) is 14.1 Å². The zero-order valence-electron chi connectivity index (χ0n) is 11.2. The fourth-order valence-electron chi connectivity index (χ4n) is 1.76. The first kappa shape index (κ1) is 13.6. The van der Waals surface area contributed by atoms with Gasteiger partial charge in [0.05, 0.1) is 0 Å². The summed E-state index contributed by atoms with van der Waals surface area (Å²) in [5.74, 6) is 0.661. The molecule has 1 aliphatic heterocycles. The van der Waals surface area contributed by atoms with E-state index in [1.807, 2.05) is 18.0 Å². The van der Waals surface area contributed by atoms with Crippen LogP contribution in [0.25, 0.3) is 0 Å². The molecule has 0 saturated carbocycles. The number of hydrogen-bond acceptors (Lipinski definition) is 2. The SMILES string of the molecule is C=C1C=C(N(C)C=O)C(CCC(C)C)=CN1C. The first-order valence-electron chi connectivity index (χ1n) is 5.98. The van der Waals surface area contributed by atoms with Crippen molar-refractivity contribution in [3.05, 3.63) is 35.8 Å². The zero-order chi connectivity index (χ0) is 13.0. The number of carbonyl (C=O) groups is 1. The second kappa shape index (κ2) is 5.71. The Hall–Kier alpha value is -1.51. The molecule has 0 atom stereocenters. The number of carbonyl (C=O) groups excluding carboxylic acids is 1. The van der Waals surface area contributed by atoms with Crippen molar-refractivity contribution in [3.63, 3.8) is 0 Å². The Morgan fingerprint density at radius 3 is 2.71 bits per heavy atom. The van der Waals surface area contributed by atoms with Crippen LogP contribution in [0.15, 0.2) is 35.8 Å². The minimum absolute atomic E-state index is 0.661. The van der Waals surface area contributed by atoms with Gasteiger partial charge in [0, 0.05) is 31.7 Å². The lowest BCUT2D eigenvalue weighted by molar-refractivity contribution is -0.115. The van der Waals surface area contributed by atoms with Gasteiger partial charge in [0.2, 0.25) is 6.41 Å². The predicted molar refractivity (Wildman–Crippen MR) is 71.0 cm³/mol. The molecule has 3 heteroatoms. The molecule has 17 heavy (non-hydrogen) atoms. The Morgan fingerprint density at radius 1 is 1.53 bits per heavy atom. The molecule has 0 aromatic heterocycles. The van der Waals surface area contributed by atoms with E-state index < -0.39 is 0 Å². The summed E-state index contributed by atoms with van der Waals surface area (Å²) in [6.45, 7) is 8.37. The molecular weight excluding hydrogens is 212 g/mol. The summed E-state index contributed by atoms with van der Waals surface area (Å²) in [5.41, 5.74) is 3.06. The van der Waals surface area contributed by atoms with E-state index in [0.29, 0.717) is 5.92 Å². The third kappa shape index (κ3) is 3.48. The monoisotopic (exact) mass is 234 g/mol. The van der Waals surface area contributed by atoms with Crippen LogP contribution in [0.3, 0.4) is 0 Å². The molecule has 94 valence electrons. The van der Waals surface area contributed by atoms with Crippen LogP contribution >= 0.6 is 0 Å². The molecule has 1 heterocycles. The average Bonchev–Trinajstić information content (AvgIpc) is 2.29. The van der Waals surface area contributed by atoms with Gasteiger partial charge in [-0.2, -0.15) is 0 Å². The number of amides is 1. The van der Waals surface area contributed by atoms with E-state index in [0.717, 1.165) is 30.6 Å². The van der Waals surface area contributed by atoms with Gasteiger partial charge in [0.1, 0.15) is 0 Å². The van der Waals surface area contributed by atoms with E-state index in [9.17, 15) is 4.79 Å². The van der Waals surface area contributed by atoms with Crippen LogP contribution < -0.4 is 0 Å². The summed E-state index contributed by atoms with van der Waals surface area (Å²) in [6, 6.07) is 0. The van der Waals surface area contributed by atoms with Crippen LogP contribution in [0.5, 0.6) is 0 Å².